The van der Waals surface area contributed by atoms with Gasteiger partial charge >= 0.3 is 0 Å². The topological polar surface area (TPSA) is 18.5 Å². The van der Waals surface area contributed by atoms with Gasteiger partial charge in [0.2, 0.25) is 0 Å². The molecule has 118 valence electrons. The van der Waals surface area contributed by atoms with Crippen molar-refractivity contribution in [2.75, 3.05) is 14.2 Å². The minimum absolute atomic E-state index is 0.186. The van der Waals surface area contributed by atoms with Gasteiger partial charge in [0.25, 0.3) is 0 Å². The standard InChI is InChI=1S/C21H22O2/c1-4-5-21-19(15-6-9-17(22-2)10-7-15)12-8-16-14-18(23-3)11-13-20(16)21/h4,6-9,11-14,17H,1,5,10H2,2-3H3. The van der Waals surface area contributed by atoms with Crippen LogP contribution in [0, 0.1) is 0 Å². The number of hydrogen-bond acceptors (Lipinski definition) is 2. The highest BCUT2D eigenvalue weighted by Crippen LogP contribution is 2.32. The minimum atomic E-state index is 0.186. The van der Waals surface area contributed by atoms with Crippen LogP contribution in [0.2, 0.25) is 0 Å². The lowest BCUT2D eigenvalue weighted by molar-refractivity contribution is 0.143. The number of rotatable bonds is 5. The fourth-order valence-electron chi connectivity index (χ4n) is 3.11. The van der Waals surface area contributed by atoms with E-state index in [0.717, 1.165) is 18.6 Å². The molecular formula is C21H22O2. The fraction of sp³-hybridized carbons (Fsp3) is 0.238. The van der Waals surface area contributed by atoms with Crippen molar-refractivity contribution >= 4 is 16.3 Å². The summed E-state index contributed by atoms with van der Waals surface area (Å²) in [6.45, 7) is 3.93. The van der Waals surface area contributed by atoms with Gasteiger partial charge in [0.1, 0.15) is 5.75 Å². The van der Waals surface area contributed by atoms with Gasteiger partial charge in [-0.15, -0.1) is 6.58 Å². The van der Waals surface area contributed by atoms with E-state index in [1.54, 1.807) is 14.2 Å². The molecule has 0 N–H and O–H groups in total. The molecule has 1 atom stereocenters. The Morgan fingerprint density at radius 1 is 1.22 bits per heavy atom. The highest BCUT2D eigenvalue weighted by atomic mass is 16.5. The van der Waals surface area contributed by atoms with Crippen LogP contribution in [0.3, 0.4) is 0 Å². The van der Waals surface area contributed by atoms with E-state index in [-0.39, 0.29) is 6.10 Å². The van der Waals surface area contributed by atoms with Crippen molar-refractivity contribution in [1.29, 1.82) is 0 Å². The summed E-state index contributed by atoms with van der Waals surface area (Å²) in [4.78, 5) is 0. The van der Waals surface area contributed by atoms with E-state index < -0.39 is 0 Å². The van der Waals surface area contributed by atoms with Crippen LogP contribution in [0.5, 0.6) is 5.75 Å². The van der Waals surface area contributed by atoms with E-state index in [1.807, 2.05) is 12.1 Å². The first-order valence-corrected chi connectivity index (χ1v) is 7.89. The molecule has 1 aliphatic carbocycles. The number of fused-ring (bicyclic) bond motifs is 1. The maximum absolute atomic E-state index is 5.39. The van der Waals surface area contributed by atoms with Gasteiger partial charge in [0, 0.05) is 7.11 Å². The van der Waals surface area contributed by atoms with Crippen molar-refractivity contribution in [3.05, 3.63) is 72.3 Å². The fourth-order valence-corrected chi connectivity index (χ4v) is 3.11. The molecule has 1 unspecified atom stereocenters. The molecule has 0 aromatic heterocycles. The summed E-state index contributed by atoms with van der Waals surface area (Å²) in [5.74, 6) is 0.884. The maximum Gasteiger partial charge on any atom is 0.119 e. The highest BCUT2D eigenvalue weighted by molar-refractivity contribution is 5.93. The molecule has 2 aromatic carbocycles. The van der Waals surface area contributed by atoms with Gasteiger partial charge in [-0.3, -0.25) is 0 Å². The first-order valence-electron chi connectivity index (χ1n) is 7.89. The molecule has 0 heterocycles. The maximum atomic E-state index is 5.39. The Hall–Kier alpha value is -2.32. The van der Waals surface area contributed by atoms with Crippen LogP contribution in [0.15, 0.2) is 61.2 Å². The number of methoxy groups -OCH3 is 2. The molecule has 2 heteroatoms. The zero-order valence-corrected chi connectivity index (χ0v) is 13.7. The van der Waals surface area contributed by atoms with Crippen LogP contribution in [0.25, 0.3) is 16.3 Å². The van der Waals surface area contributed by atoms with Crippen molar-refractivity contribution < 1.29 is 9.47 Å². The molecule has 2 aromatic rings. The Balaban J connectivity index is 2.10. The third-order valence-corrected chi connectivity index (χ3v) is 4.36. The van der Waals surface area contributed by atoms with Crippen LogP contribution in [0.4, 0.5) is 0 Å². The second kappa shape index (κ2) is 6.84. The van der Waals surface area contributed by atoms with Gasteiger partial charge in [0.15, 0.2) is 0 Å². The molecule has 23 heavy (non-hydrogen) atoms. The van der Waals surface area contributed by atoms with E-state index in [2.05, 4.69) is 49.1 Å². The molecule has 0 aliphatic heterocycles. The molecular weight excluding hydrogens is 284 g/mol. The summed E-state index contributed by atoms with van der Waals surface area (Å²) in [6, 6.07) is 10.6. The van der Waals surface area contributed by atoms with Gasteiger partial charge in [-0.25, -0.2) is 0 Å². The van der Waals surface area contributed by atoms with E-state index in [4.69, 9.17) is 9.47 Å². The third kappa shape index (κ3) is 3.08. The quantitative estimate of drug-likeness (QED) is 0.729. The predicted octanol–water partition coefficient (Wildman–Crippen LogP) is 4.94. The van der Waals surface area contributed by atoms with Crippen molar-refractivity contribution in [3.8, 4) is 5.75 Å². The molecule has 0 saturated heterocycles. The second-order valence-corrected chi connectivity index (χ2v) is 5.70. The Morgan fingerprint density at radius 3 is 2.74 bits per heavy atom. The summed E-state index contributed by atoms with van der Waals surface area (Å²) < 4.78 is 10.7. The molecule has 0 amide bonds. The van der Waals surface area contributed by atoms with Gasteiger partial charge in [-0.2, -0.15) is 0 Å². The lowest BCUT2D eigenvalue weighted by Crippen LogP contribution is -2.08. The van der Waals surface area contributed by atoms with Crippen molar-refractivity contribution in [2.45, 2.75) is 18.9 Å². The molecule has 2 nitrogen and oxygen atoms in total. The smallest absolute Gasteiger partial charge is 0.119 e. The molecule has 0 radical (unpaired) electrons. The van der Waals surface area contributed by atoms with Crippen molar-refractivity contribution in [1.82, 2.24) is 0 Å². The highest BCUT2D eigenvalue weighted by Gasteiger charge is 2.13. The van der Waals surface area contributed by atoms with Gasteiger partial charge < -0.3 is 9.47 Å². The first kappa shape index (κ1) is 15.6. The predicted molar refractivity (Wildman–Crippen MR) is 96.9 cm³/mol. The third-order valence-electron chi connectivity index (χ3n) is 4.36. The largest absolute Gasteiger partial charge is 0.497 e. The summed E-state index contributed by atoms with van der Waals surface area (Å²) >= 11 is 0. The summed E-state index contributed by atoms with van der Waals surface area (Å²) in [7, 11) is 3.45. The molecule has 1 aliphatic rings. The van der Waals surface area contributed by atoms with Crippen LogP contribution in [0.1, 0.15) is 17.5 Å². The molecule has 0 fully saturated rings. The number of benzene rings is 2. The number of allylic oxidation sites excluding steroid dienone is 3. The Labute approximate surface area is 137 Å². The molecule has 0 bridgehead atoms. The SMILES string of the molecule is C=CCc1c(C2=CCC(OC)C=C2)ccc2cc(OC)ccc12. The monoisotopic (exact) mass is 306 g/mol. The van der Waals surface area contributed by atoms with Gasteiger partial charge in [-0.1, -0.05) is 42.5 Å². The minimum Gasteiger partial charge on any atom is -0.497 e. The first-order chi connectivity index (χ1) is 11.3. The van der Waals surface area contributed by atoms with Crippen LogP contribution in [-0.4, -0.2) is 20.3 Å². The number of ether oxygens (including phenoxy) is 2. The van der Waals surface area contributed by atoms with E-state index in [9.17, 15) is 0 Å². The van der Waals surface area contributed by atoms with Crippen molar-refractivity contribution in [2.24, 2.45) is 0 Å². The van der Waals surface area contributed by atoms with E-state index >= 15 is 0 Å². The van der Waals surface area contributed by atoms with E-state index in [1.165, 1.54) is 27.5 Å². The lowest BCUT2D eigenvalue weighted by Gasteiger charge is -2.18. The van der Waals surface area contributed by atoms with Gasteiger partial charge in [-0.05, 0) is 52.4 Å². The zero-order chi connectivity index (χ0) is 16.2. The summed E-state index contributed by atoms with van der Waals surface area (Å²) in [6.07, 6.45) is 10.5. The number of hydrogen-bond donors (Lipinski definition) is 0. The van der Waals surface area contributed by atoms with Crippen LogP contribution < -0.4 is 4.74 Å². The average molecular weight is 306 g/mol. The lowest BCUT2D eigenvalue weighted by atomic mass is 9.89. The normalized spacial score (nSPS) is 17.1. The second-order valence-electron chi connectivity index (χ2n) is 5.70. The zero-order valence-electron chi connectivity index (χ0n) is 13.7. The molecule has 3 rings (SSSR count). The van der Waals surface area contributed by atoms with E-state index in [0.29, 0.717) is 0 Å². The summed E-state index contributed by atoms with van der Waals surface area (Å²) in [5, 5.41) is 2.45. The molecule has 0 spiro atoms. The Kier molecular flexibility index (Phi) is 4.63. The molecule has 0 saturated carbocycles. The Bertz CT molecular complexity index is 784. The van der Waals surface area contributed by atoms with Crippen molar-refractivity contribution in [3.63, 3.8) is 0 Å². The Morgan fingerprint density at radius 2 is 2.09 bits per heavy atom. The van der Waals surface area contributed by atoms with Crippen LogP contribution >= 0.6 is 0 Å². The van der Waals surface area contributed by atoms with Crippen LogP contribution in [-0.2, 0) is 11.2 Å². The average Bonchev–Trinajstić information content (AvgIpc) is 2.62. The van der Waals surface area contributed by atoms with Gasteiger partial charge in [0.05, 0.1) is 13.2 Å². The summed E-state index contributed by atoms with van der Waals surface area (Å²) in [5.41, 5.74) is 3.84.